The molecule has 4 heteroatoms. The highest BCUT2D eigenvalue weighted by Gasteiger charge is 1.94. The normalized spacial score (nSPS) is 8.83. The molecule has 0 N–H and O–H groups in total. The standard InChI is InChI=1S/C8H11O2P.BrH/c1-7-4-2-3-5-8(7)9-6-10-11;/h2-5H,6,11H2,1H3;1H. The van der Waals surface area contributed by atoms with E-state index in [0.29, 0.717) is 0 Å². The Morgan fingerprint density at radius 3 is 2.58 bits per heavy atom. The quantitative estimate of drug-likeness (QED) is 0.607. The van der Waals surface area contributed by atoms with Gasteiger partial charge in [-0.15, -0.1) is 17.0 Å². The van der Waals surface area contributed by atoms with Crippen LogP contribution in [0.4, 0.5) is 0 Å². The number of para-hydroxylation sites is 1. The molecule has 0 spiro atoms. The molecule has 12 heavy (non-hydrogen) atoms. The third kappa shape index (κ3) is 3.53. The Morgan fingerprint density at radius 1 is 1.33 bits per heavy atom. The predicted molar refractivity (Wildman–Crippen MR) is 57.8 cm³/mol. The van der Waals surface area contributed by atoms with Crippen LogP contribution in [0.1, 0.15) is 5.56 Å². The molecule has 0 bridgehead atoms. The molecule has 0 heterocycles. The predicted octanol–water partition coefficient (Wildman–Crippen LogP) is 2.72. The van der Waals surface area contributed by atoms with Crippen molar-refractivity contribution >= 4 is 26.4 Å². The van der Waals surface area contributed by atoms with E-state index in [4.69, 9.17) is 9.26 Å². The number of aryl methyl sites for hydroxylation is 1. The summed E-state index contributed by atoms with van der Waals surface area (Å²) in [5, 5.41) is 0. The molecule has 1 rings (SSSR count). The number of ether oxygens (including phenoxy) is 1. The van der Waals surface area contributed by atoms with Crippen LogP contribution in [0, 0.1) is 6.92 Å². The fraction of sp³-hybridized carbons (Fsp3) is 0.250. The molecule has 0 radical (unpaired) electrons. The average molecular weight is 251 g/mol. The first kappa shape index (κ1) is 11.9. The first-order valence-electron chi connectivity index (χ1n) is 3.34. The molecule has 0 aliphatic heterocycles. The van der Waals surface area contributed by atoms with Crippen LogP contribution < -0.4 is 4.74 Å². The van der Waals surface area contributed by atoms with Crippen LogP contribution in [0.3, 0.4) is 0 Å². The van der Waals surface area contributed by atoms with Gasteiger partial charge in [0.2, 0.25) is 0 Å². The van der Waals surface area contributed by atoms with Gasteiger partial charge in [0.25, 0.3) is 0 Å². The number of rotatable bonds is 3. The third-order valence-electron chi connectivity index (χ3n) is 1.38. The lowest BCUT2D eigenvalue weighted by Crippen LogP contribution is -1.96. The maximum Gasteiger partial charge on any atom is 0.191 e. The van der Waals surface area contributed by atoms with Crippen LogP contribution in [-0.4, -0.2) is 6.79 Å². The van der Waals surface area contributed by atoms with Crippen molar-refractivity contribution in [2.24, 2.45) is 0 Å². The molecule has 1 aromatic carbocycles. The van der Waals surface area contributed by atoms with Crippen molar-refractivity contribution in [1.82, 2.24) is 0 Å². The summed E-state index contributed by atoms with van der Waals surface area (Å²) in [6.45, 7) is 2.27. The van der Waals surface area contributed by atoms with E-state index < -0.39 is 0 Å². The number of hydrogen-bond acceptors (Lipinski definition) is 2. The van der Waals surface area contributed by atoms with Gasteiger partial charge in [0.05, 0.1) is 0 Å². The van der Waals surface area contributed by atoms with E-state index in [2.05, 4.69) is 9.47 Å². The maximum absolute atomic E-state index is 5.24. The highest BCUT2D eigenvalue weighted by molar-refractivity contribution is 8.93. The van der Waals surface area contributed by atoms with Gasteiger partial charge in [-0.05, 0) is 18.6 Å². The van der Waals surface area contributed by atoms with Crippen LogP contribution in [0.15, 0.2) is 24.3 Å². The summed E-state index contributed by atoms with van der Waals surface area (Å²) in [4.78, 5) is 0. The highest BCUT2D eigenvalue weighted by atomic mass is 79.9. The summed E-state index contributed by atoms with van der Waals surface area (Å²) < 4.78 is 9.94. The third-order valence-corrected chi connectivity index (χ3v) is 1.51. The first-order valence-corrected chi connectivity index (χ1v) is 3.82. The van der Waals surface area contributed by atoms with Crippen LogP contribution in [0.5, 0.6) is 5.75 Å². The smallest absolute Gasteiger partial charge is 0.191 e. The van der Waals surface area contributed by atoms with Crippen molar-refractivity contribution in [3.63, 3.8) is 0 Å². The van der Waals surface area contributed by atoms with Gasteiger partial charge in [0.15, 0.2) is 6.79 Å². The van der Waals surface area contributed by atoms with Crippen molar-refractivity contribution in [3.8, 4) is 5.75 Å². The van der Waals surface area contributed by atoms with Crippen LogP contribution in [0.25, 0.3) is 0 Å². The Kier molecular flexibility index (Phi) is 6.35. The molecule has 1 aromatic rings. The van der Waals surface area contributed by atoms with Crippen LogP contribution >= 0.6 is 26.4 Å². The van der Waals surface area contributed by atoms with E-state index in [1.807, 2.05) is 31.2 Å². The van der Waals surface area contributed by atoms with E-state index in [9.17, 15) is 0 Å². The highest BCUT2D eigenvalue weighted by Crippen LogP contribution is 2.15. The largest absolute Gasteiger partial charge is 0.467 e. The average Bonchev–Trinajstić information content (AvgIpc) is 2.03. The van der Waals surface area contributed by atoms with Gasteiger partial charge in [-0.1, -0.05) is 18.2 Å². The van der Waals surface area contributed by atoms with Gasteiger partial charge in [0.1, 0.15) is 5.75 Å². The Labute approximate surface area is 85.3 Å². The fourth-order valence-corrected chi connectivity index (χ4v) is 0.884. The van der Waals surface area contributed by atoms with E-state index in [0.717, 1.165) is 11.3 Å². The van der Waals surface area contributed by atoms with Crippen LogP contribution in [-0.2, 0) is 4.52 Å². The van der Waals surface area contributed by atoms with Crippen LogP contribution in [0.2, 0.25) is 0 Å². The molecule has 1 unspecified atom stereocenters. The van der Waals surface area contributed by atoms with Gasteiger partial charge in [-0.3, -0.25) is 0 Å². The SMILES string of the molecule is Br.Cc1ccccc1OCOP. The van der Waals surface area contributed by atoms with E-state index in [1.54, 1.807) is 0 Å². The molecule has 0 aromatic heterocycles. The Bertz CT molecular complexity index is 230. The molecule has 68 valence electrons. The Morgan fingerprint density at radius 2 is 2.00 bits per heavy atom. The molecule has 0 saturated heterocycles. The van der Waals surface area contributed by atoms with Gasteiger partial charge < -0.3 is 9.26 Å². The molecule has 0 amide bonds. The van der Waals surface area contributed by atoms with Crippen molar-refractivity contribution in [3.05, 3.63) is 29.8 Å². The monoisotopic (exact) mass is 250 g/mol. The molecule has 0 aliphatic carbocycles. The second-order valence-corrected chi connectivity index (χ2v) is 2.53. The molecular weight excluding hydrogens is 239 g/mol. The molecule has 1 atom stereocenters. The molecule has 0 fully saturated rings. The Hall–Kier alpha value is -0.110. The number of hydrogen-bond donors (Lipinski definition) is 0. The minimum atomic E-state index is 0. The second kappa shape index (κ2) is 6.41. The number of halogens is 1. The summed E-state index contributed by atoms with van der Waals surface area (Å²) in [6.07, 6.45) is 0. The summed E-state index contributed by atoms with van der Waals surface area (Å²) in [5.74, 6) is 0.870. The van der Waals surface area contributed by atoms with Gasteiger partial charge >= 0.3 is 0 Å². The van der Waals surface area contributed by atoms with Crippen molar-refractivity contribution in [2.75, 3.05) is 6.79 Å². The lowest BCUT2D eigenvalue weighted by atomic mass is 10.2. The van der Waals surface area contributed by atoms with Gasteiger partial charge in [-0.2, -0.15) is 0 Å². The lowest BCUT2D eigenvalue weighted by Gasteiger charge is -2.05. The van der Waals surface area contributed by atoms with Crippen molar-refractivity contribution < 1.29 is 9.26 Å². The van der Waals surface area contributed by atoms with E-state index in [1.165, 1.54) is 0 Å². The number of benzene rings is 1. The zero-order valence-corrected chi connectivity index (χ0v) is 9.69. The van der Waals surface area contributed by atoms with E-state index >= 15 is 0 Å². The maximum atomic E-state index is 5.24. The topological polar surface area (TPSA) is 18.5 Å². The van der Waals surface area contributed by atoms with Crippen molar-refractivity contribution in [1.29, 1.82) is 0 Å². The zero-order valence-electron chi connectivity index (χ0n) is 6.82. The second-order valence-electron chi connectivity index (χ2n) is 2.19. The summed E-state index contributed by atoms with van der Waals surface area (Å²) in [6, 6.07) is 7.83. The summed E-state index contributed by atoms with van der Waals surface area (Å²) >= 11 is 0. The molecule has 0 aliphatic rings. The first-order chi connectivity index (χ1) is 5.34. The van der Waals surface area contributed by atoms with Gasteiger partial charge in [0, 0.05) is 9.47 Å². The molecule has 2 nitrogen and oxygen atoms in total. The lowest BCUT2D eigenvalue weighted by molar-refractivity contribution is 0.140. The molecular formula is C8H12BrO2P. The Balaban J connectivity index is 0.00000121. The van der Waals surface area contributed by atoms with Crippen molar-refractivity contribution in [2.45, 2.75) is 6.92 Å². The minimum absolute atomic E-state index is 0. The fourth-order valence-electron chi connectivity index (χ4n) is 0.816. The molecule has 0 saturated carbocycles. The summed E-state index contributed by atoms with van der Waals surface area (Å²) in [5.41, 5.74) is 1.12. The minimum Gasteiger partial charge on any atom is -0.467 e. The zero-order chi connectivity index (χ0) is 8.10. The summed E-state index contributed by atoms with van der Waals surface area (Å²) in [7, 11) is 2.14. The van der Waals surface area contributed by atoms with E-state index in [-0.39, 0.29) is 23.8 Å². The van der Waals surface area contributed by atoms with Gasteiger partial charge in [-0.25, -0.2) is 0 Å².